The summed E-state index contributed by atoms with van der Waals surface area (Å²) in [6, 6.07) is 4.81. The molecule has 1 aromatic carbocycles. The minimum atomic E-state index is -0.674. The lowest BCUT2D eigenvalue weighted by molar-refractivity contribution is -0.122. The molecule has 0 saturated carbocycles. The lowest BCUT2D eigenvalue weighted by Crippen LogP contribution is -2.39. The molecule has 0 radical (unpaired) electrons. The van der Waals surface area contributed by atoms with Crippen molar-refractivity contribution < 1.29 is 18.7 Å². The van der Waals surface area contributed by atoms with Crippen LogP contribution in [-0.2, 0) is 22.6 Å². The van der Waals surface area contributed by atoms with Gasteiger partial charge < -0.3 is 10.1 Å². The second-order valence-electron chi connectivity index (χ2n) is 6.48. The maximum atomic E-state index is 13.1. The van der Waals surface area contributed by atoms with E-state index in [0.717, 1.165) is 22.1 Å². The van der Waals surface area contributed by atoms with Crippen LogP contribution in [0.25, 0.3) is 0 Å². The van der Waals surface area contributed by atoms with E-state index in [0.29, 0.717) is 18.8 Å². The van der Waals surface area contributed by atoms with Crippen LogP contribution >= 0.6 is 0 Å². The molecule has 2 aliphatic rings. The number of fused-ring (bicyclic) bond motifs is 1. The Kier molecular flexibility index (Phi) is 4.48. The highest BCUT2D eigenvalue weighted by atomic mass is 19.1. The molecule has 0 spiro atoms. The number of nitrogens with zero attached hydrogens (tertiary/aromatic N) is 4. The van der Waals surface area contributed by atoms with Crippen molar-refractivity contribution in [2.24, 2.45) is 0 Å². The number of hydrogen-bond acceptors (Lipinski definition) is 5. The third-order valence-electron chi connectivity index (χ3n) is 4.61. The Morgan fingerprint density at radius 3 is 2.74 bits per heavy atom. The molecule has 1 atom stereocenters. The molecule has 3 heterocycles. The first kappa shape index (κ1) is 17.4. The van der Waals surface area contributed by atoms with Crippen molar-refractivity contribution in [3.63, 3.8) is 0 Å². The number of ether oxygens (including phenoxy) is 1. The van der Waals surface area contributed by atoms with Gasteiger partial charge in [-0.3, -0.25) is 9.69 Å². The van der Waals surface area contributed by atoms with Crippen LogP contribution in [-0.4, -0.2) is 45.5 Å². The molecule has 1 unspecified atom stereocenters. The van der Waals surface area contributed by atoms with Gasteiger partial charge in [-0.1, -0.05) is 0 Å². The van der Waals surface area contributed by atoms with Crippen LogP contribution in [0, 0.1) is 5.82 Å². The number of aromatic nitrogens is 3. The monoisotopic (exact) mass is 375 g/mol. The van der Waals surface area contributed by atoms with E-state index in [1.807, 2.05) is 0 Å². The highest BCUT2D eigenvalue weighted by Gasteiger charge is 2.33. The molecule has 9 nitrogen and oxygen atoms in total. The summed E-state index contributed by atoms with van der Waals surface area (Å²) in [5.74, 6) is -0.548. The third-order valence-corrected chi connectivity index (χ3v) is 4.61. The van der Waals surface area contributed by atoms with E-state index in [2.05, 4.69) is 10.4 Å². The van der Waals surface area contributed by atoms with Crippen LogP contribution in [0.4, 0.5) is 14.9 Å². The summed E-state index contributed by atoms with van der Waals surface area (Å²) in [5, 5.41) is 6.80. The Balaban J connectivity index is 1.44. The van der Waals surface area contributed by atoms with E-state index in [-0.39, 0.29) is 30.9 Å². The lowest BCUT2D eigenvalue weighted by atomic mass is 10.2. The molecule has 10 heteroatoms. The van der Waals surface area contributed by atoms with Crippen molar-refractivity contribution >= 4 is 17.6 Å². The highest BCUT2D eigenvalue weighted by Crippen LogP contribution is 2.22. The van der Waals surface area contributed by atoms with Gasteiger partial charge in [0.05, 0.1) is 12.6 Å². The lowest BCUT2D eigenvalue weighted by Gasteiger charge is -2.14. The Morgan fingerprint density at radius 2 is 2.07 bits per heavy atom. The Bertz CT molecular complexity index is 930. The fourth-order valence-corrected chi connectivity index (χ4v) is 3.23. The van der Waals surface area contributed by atoms with Crippen molar-refractivity contribution in [2.75, 3.05) is 18.1 Å². The summed E-state index contributed by atoms with van der Waals surface area (Å²) in [5.41, 5.74) is -0.209. The first-order valence-corrected chi connectivity index (χ1v) is 8.67. The summed E-state index contributed by atoms with van der Waals surface area (Å²) in [4.78, 5) is 38.3. The number of carbonyl (C=O) groups is 2. The van der Waals surface area contributed by atoms with E-state index in [4.69, 9.17) is 4.74 Å². The molecule has 2 aliphatic heterocycles. The molecule has 142 valence electrons. The Hall–Kier alpha value is -3.01. The molecule has 2 amide bonds. The predicted octanol–water partition coefficient (Wildman–Crippen LogP) is 0.467. The van der Waals surface area contributed by atoms with Gasteiger partial charge in [-0.25, -0.2) is 18.7 Å². The van der Waals surface area contributed by atoms with Gasteiger partial charge in [0.2, 0.25) is 5.91 Å². The molecular weight excluding hydrogens is 357 g/mol. The van der Waals surface area contributed by atoms with Gasteiger partial charge in [0.25, 0.3) is 0 Å². The van der Waals surface area contributed by atoms with Crippen LogP contribution in [0.15, 0.2) is 29.1 Å². The van der Waals surface area contributed by atoms with Gasteiger partial charge in [0.15, 0.2) is 5.82 Å². The van der Waals surface area contributed by atoms with Gasteiger partial charge >= 0.3 is 11.7 Å². The molecule has 4 rings (SSSR count). The zero-order chi connectivity index (χ0) is 19.0. The zero-order valence-corrected chi connectivity index (χ0v) is 14.4. The van der Waals surface area contributed by atoms with Gasteiger partial charge in [0, 0.05) is 18.8 Å². The van der Waals surface area contributed by atoms with Gasteiger partial charge in [-0.2, -0.15) is 9.67 Å². The number of hydrogen-bond donors (Lipinski definition) is 1. The molecular formula is C17H18FN5O4. The van der Waals surface area contributed by atoms with E-state index >= 15 is 0 Å². The number of amides is 2. The van der Waals surface area contributed by atoms with Crippen LogP contribution in [0.2, 0.25) is 0 Å². The maximum absolute atomic E-state index is 13.1. The summed E-state index contributed by atoms with van der Waals surface area (Å²) in [6.07, 6.45) is 1.87. The van der Waals surface area contributed by atoms with Crippen molar-refractivity contribution in [2.45, 2.75) is 32.0 Å². The molecule has 1 N–H and O–H groups in total. The summed E-state index contributed by atoms with van der Waals surface area (Å²) in [7, 11) is 0. The van der Waals surface area contributed by atoms with E-state index in [1.165, 1.54) is 29.2 Å². The van der Waals surface area contributed by atoms with Crippen molar-refractivity contribution in [3.05, 3.63) is 46.4 Å². The maximum Gasteiger partial charge on any atom is 0.354 e. The van der Waals surface area contributed by atoms with E-state index in [9.17, 15) is 18.8 Å². The van der Waals surface area contributed by atoms with Crippen LogP contribution in [0.3, 0.4) is 0 Å². The predicted molar refractivity (Wildman–Crippen MR) is 91.8 cm³/mol. The number of rotatable bonds is 5. The SMILES string of the molecule is O=C(Cn1nc2n(c1=O)C(=O)N(c1ccc(F)cc1)C2)NCC1CCCO1. The summed E-state index contributed by atoms with van der Waals surface area (Å²) < 4.78 is 20.4. The van der Waals surface area contributed by atoms with Crippen LogP contribution in [0.5, 0.6) is 0 Å². The number of nitrogens with one attached hydrogen (secondary N) is 1. The van der Waals surface area contributed by atoms with Crippen LogP contribution in [0.1, 0.15) is 18.7 Å². The smallest absolute Gasteiger partial charge is 0.354 e. The molecule has 1 saturated heterocycles. The van der Waals surface area contributed by atoms with E-state index in [1.54, 1.807) is 0 Å². The Labute approximate surface area is 153 Å². The molecule has 1 fully saturated rings. The quantitative estimate of drug-likeness (QED) is 0.819. The minimum absolute atomic E-state index is 0.00326. The number of carbonyl (C=O) groups excluding carboxylic acids is 2. The minimum Gasteiger partial charge on any atom is -0.376 e. The second kappa shape index (κ2) is 6.95. The van der Waals surface area contributed by atoms with Gasteiger partial charge in [0.1, 0.15) is 12.4 Å². The van der Waals surface area contributed by atoms with E-state index < -0.39 is 17.5 Å². The van der Waals surface area contributed by atoms with Crippen molar-refractivity contribution in [3.8, 4) is 0 Å². The second-order valence-corrected chi connectivity index (χ2v) is 6.48. The van der Waals surface area contributed by atoms with Crippen LogP contribution < -0.4 is 15.9 Å². The number of halogens is 1. The first-order valence-electron chi connectivity index (χ1n) is 8.67. The van der Waals surface area contributed by atoms with Crippen molar-refractivity contribution in [1.82, 2.24) is 19.7 Å². The standard InChI is InChI=1S/C17H18FN5O4/c18-11-3-5-12(6-4-11)21-9-14-20-22(17(26)23(14)16(21)25)10-15(24)19-8-13-2-1-7-27-13/h3-6,13H,1-2,7-10H2,(H,19,24). The third kappa shape index (κ3) is 3.35. The Morgan fingerprint density at radius 1 is 1.30 bits per heavy atom. The van der Waals surface area contributed by atoms with Gasteiger partial charge in [-0.15, -0.1) is 0 Å². The first-order chi connectivity index (χ1) is 13.0. The summed E-state index contributed by atoms with van der Waals surface area (Å²) in [6.45, 7) is 0.887. The topological polar surface area (TPSA) is 98.5 Å². The number of benzene rings is 1. The molecule has 0 bridgehead atoms. The highest BCUT2D eigenvalue weighted by molar-refractivity contribution is 5.96. The fourth-order valence-electron chi connectivity index (χ4n) is 3.23. The summed E-state index contributed by atoms with van der Waals surface area (Å²) >= 11 is 0. The fraction of sp³-hybridized carbons (Fsp3) is 0.412. The normalized spacial score (nSPS) is 18.8. The molecule has 27 heavy (non-hydrogen) atoms. The molecule has 0 aliphatic carbocycles. The largest absolute Gasteiger partial charge is 0.376 e. The molecule has 1 aromatic heterocycles. The average molecular weight is 375 g/mol. The number of anilines is 1. The average Bonchev–Trinajstić information content (AvgIpc) is 3.34. The zero-order valence-electron chi connectivity index (χ0n) is 14.4. The van der Waals surface area contributed by atoms with Gasteiger partial charge in [-0.05, 0) is 37.1 Å². The molecule has 2 aromatic rings. The van der Waals surface area contributed by atoms with Crippen molar-refractivity contribution in [1.29, 1.82) is 0 Å².